The van der Waals surface area contributed by atoms with Gasteiger partial charge in [0.2, 0.25) is 0 Å². The predicted octanol–water partition coefficient (Wildman–Crippen LogP) is 11.0. The first-order chi connectivity index (χ1) is 25.0. The van der Waals surface area contributed by atoms with Gasteiger partial charge in [-0.2, -0.15) is 0 Å². The molecule has 0 radical (unpaired) electrons. The maximum Gasteiger partial charge on any atom is 1.20 e. The number of aryl methyl sites for hydroxylation is 4. The van der Waals surface area contributed by atoms with Crippen LogP contribution in [0.1, 0.15) is 22.3 Å². The summed E-state index contributed by atoms with van der Waals surface area (Å²) < 4.78 is 20.4. The van der Waals surface area contributed by atoms with Crippen molar-refractivity contribution in [2.24, 2.45) is 0 Å². The Morgan fingerprint density at radius 2 is 0.843 bits per heavy atom. The number of para-hydroxylation sites is 2. The van der Waals surface area contributed by atoms with Crippen molar-refractivity contribution in [2.45, 2.75) is 27.7 Å². The summed E-state index contributed by atoms with van der Waals surface area (Å²) in [5.74, 6) is 1.96. The molecule has 0 aliphatic heterocycles. The van der Waals surface area contributed by atoms with Gasteiger partial charge < -0.3 is 16.3 Å². The first-order valence-corrected chi connectivity index (χ1v) is 18.4. The number of benzene rings is 5. The van der Waals surface area contributed by atoms with Crippen LogP contribution in [0.4, 0.5) is 17.1 Å². The number of hydrogen-bond donors (Lipinski definition) is 0. The van der Waals surface area contributed by atoms with Crippen molar-refractivity contribution in [1.29, 1.82) is 0 Å². The van der Waals surface area contributed by atoms with Gasteiger partial charge in [-0.25, -0.2) is 0 Å². The maximum atomic E-state index is 6.84. The molecule has 0 saturated heterocycles. The Morgan fingerprint density at radius 3 is 1.29 bits per heavy atom. The molecule has 0 amide bonds. The smallest absolute Gasteiger partial charge is 0.577 e. The van der Waals surface area contributed by atoms with E-state index in [1.54, 1.807) is 0 Å². The van der Waals surface area contributed by atoms with E-state index in [0.29, 0.717) is 17.2 Å². The largest absolute Gasteiger partial charge is 1.20 e. The Bertz CT molecular complexity index is 2110. The predicted molar refractivity (Wildman–Crippen MR) is 207 cm³/mol. The van der Waals surface area contributed by atoms with E-state index in [9.17, 15) is 0 Å². The molecule has 0 unspecified atom stereocenters. The van der Waals surface area contributed by atoms with Crippen LogP contribution in [0.5, 0.6) is 17.2 Å². The Hall–Kier alpha value is -5.87. The molecule has 7 aromatic rings. The minimum Gasteiger partial charge on any atom is -0.577 e. The molecular formula is C44H38AlN3O3. The molecule has 0 bridgehead atoms. The number of aromatic nitrogens is 2. The first-order valence-electron chi connectivity index (χ1n) is 17.0. The average molecular weight is 684 g/mol. The molecule has 0 fully saturated rings. The Labute approximate surface area is 305 Å². The minimum atomic E-state index is -3.02. The highest BCUT2D eigenvalue weighted by atomic mass is 27.3. The Morgan fingerprint density at radius 1 is 0.412 bits per heavy atom. The molecule has 7 heteroatoms. The molecule has 250 valence electrons. The van der Waals surface area contributed by atoms with Crippen molar-refractivity contribution >= 4 is 32.2 Å². The summed E-state index contributed by atoms with van der Waals surface area (Å²) in [6.45, 7) is 8.26. The second-order valence-electron chi connectivity index (χ2n) is 12.4. The van der Waals surface area contributed by atoms with Gasteiger partial charge in [-0.3, -0.25) is 9.97 Å². The molecule has 0 atom stereocenters. The zero-order valence-corrected chi connectivity index (χ0v) is 30.3. The third-order valence-electron chi connectivity index (χ3n) is 8.76. The molecule has 0 saturated carbocycles. The monoisotopic (exact) mass is 683 g/mol. The van der Waals surface area contributed by atoms with E-state index in [4.69, 9.17) is 21.3 Å². The lowest BCUT2D eigenvalue weighted by atomic mass is 10.0. The quantitative estimate of drug-likeness (QED) is 0.127. The van der Waals surface area contributed by atoms with Crippen molar-refractivity contribution in [3.05, 3.63) is 180 Å². The molecule has 0 aliphatic rings. The highest BCUT2D eigenvalue weighted by molar-refractivity contribution is 6.40. The molecule has 7 rings (SSSR count). The van der Waals surface area contributed by atoms with Crippen LogP contribution >= 0.6 is 0 Å². The third kappa shape index (κ3) is 7.51. The summed E-state index contributed by atoms with van der Waals surface area (Å²) in [5.41, 5.74) is 10.9. The fourth-order valence-corrected chi connectivity index (χ4v) is 7.58. The van der Waals surface area contributed by atoms with Crippen LogP contribution < -0.4 is 16.3 Å². The van der Waals surface area contributed by atoms with E-state index in [2.05, 4.69) is 93.3 Å². The molecule has 5 aromatic carbocycles. The van der Waals surface area contributed by atoms with Gasteiger partial charge in [0.25, 0.3) is 0 Å². The number of rotatable bonds is 11. The van der Waals surface area contributed by atoms with Gasteiger partial charge in [0.05, 0.1) is 28.6 Å². The molecule has 6 nitrogen and oxygen atoms in total. The van der Waals surface area contributed by atoms with E-state index in [0.717, 1.165) is 61.8 Å². The highest BCUT2D eigenvalue weighted by Crippen LogP contribution is 2.38. The molecule has 2 heterocycles. The molecule has 2 aromatic heterocycles. The SMILES string of the molecule is Cc1cccnc1-c1c(C)cccc1[O][Al]([O]c1ccc(N(c2ccccc2)c2ccccc2)cc1)[O]c1cccc(C)c1-c1ncccc1C. The Kier molecular flexibility index (Phi) is 10.1. The van der Waals surface area contributed by atoms with Gasteiger partial charge >= 0.3 is 15.1 Å². The summed E-state index contributed by atoms with van der Waals surface area (Å²) in [4.78, 5) is 11.7. The fourth-order valence-electron chi connectivity index (χ4n) is 6.25. The normalized spacial score (nSPS) is 10.7. The van der Waals surface area contributed by atoms with Crippen molar-refractivity contribution in [2.75, 3.05) is 4.90 Å². The lowest BCUT2D eigenvalue weighted by molar-refractivity contribution is 0.308. The van der Waals surface area contributed by atoms with Crippen LogP contribution in [0.2, 0.25) is 0 Å². The Balaban J connectivity index is 1.27. The van der Waals surface area contributed by atoms with Crippen LogP contribution in [0.15, 0.2) is 158 Å². The van der Waals surface area contributed by atoms with Gasteiger partial charge in [0, 0.05) is 40.6 Å². The zero-order chi connectivity index (χ0) is 35.2. The summed E-state index contributed by atoms with van der Waals surface area (Å²) in [6.07, 6.45) is 3.62. The van der Waals surface area contributed by atoms with Crippen molar-refractivity contribution < 1.29 is 11.4 Å². The van der Waals surface area contributed by atoms with E-state index in [-0.39, 0.29) is 0 Å². The lowest BCUT2D eigenvalue weighted by Gasteiger charge is -2.26. The van der Waals surface area contributed by atoms with Crippen LogP contribution in [0.3, 0.4) is 0 Å². The first kappa shape index (κ1) is 33.6. The van der Waals surface area contributed by atoms with Crippen LogP contribution in [0, 0.1) is 27.7 Å². The molecule has 0 N–H and O–H groups in total. The topological polar surface area (TPSA) is 56.7 Å². The summed E-state index contributed by atoms with van der Waals surface area (Å²) in [6, 6.07) is 48.8. The van der Waals surface area contributed by atoms with Crippen LogP contribution in [-0.2, 0) is 0 Å². The molecule has 0 spiro atoms. The zero-order valence-electron chi connectivity index (χ0n) is 29.2. The summed E-state index contributed by atoms with van der Waals surface area (Å²) in [5, 5.41) is 0. The van der Waals surface area contributed by atoms with Crippen LogP contribution in [0.25, 0.3) is 22.5 Å². The van der Waals surface area contributed by atoms with E-state index in [1.807, 2.05) is 97.3 Å². The van der Waals surface area contributed by atoms with Crippen molar-refractivity contribution in [3.8, 4) is 39.8 Å². The molecule has 0 aliphatic carbocycles. The fraction of sp³-hybridized carbons (Fsp3) is 0.0909. The second-order valence-corrected chi connectivity index (χ2v) is 13.7. The highest BCUT2D eigenvalue weighted by Gasteiger charge is 2.46. The number of anilines is 3. The van der Waals surface area contributed by atoms with E-state index < -0.39 is 15.1 Å². The average Bonchev–Trinajstić information content (AvgIpc) is 3.15. The van der Waals surface area contributed by atoms with Crippen molar-refractivity contribution in [3.63, 3.8) is 0 Å². The van der Waals surface area contributed by atoms with Gasteiger partial charge in [0.15, 0.2) is 0 Å². The van der Waals surface area contributed by atoms with Gasteiger partial charge in [-0.1, -0.05) is 72.8 Å². The van der Waals surface area contributed by atoms with Crippen LogP contribution in [-0.4, -0.2) is 25.1 Å². The standard InChI is InChI=1S/C18H15NO.2C13H13NO.Al/c20-18-13-11-17(12-14-18)19(15-7-3-1-4-8-15)16-9-5-2-6-10-16;2*1-9-5-3-7-11(15)12(9)13-10(2)6-4-8-14-13;/h1-14,20H;2*3-8,15H,1-2H3;/q;;;+3/p-3. The van der Waals surface area contributed by atoms with Gasteiger partial charge in [-0.05, 0) is 123 Å². The number of hydrogen-bond acceptors (Lipinski definition) is 6. The third-order valence-corrected chi connectivity index (χ3v) is 10.1. The second kappa shape index (κ2) is 15.4. The molecular weight excluding hydrogens is 645 g/mol. The number of pyridine rings is 2. The van der Waals surface area contributed by atoms with E-state index in [1.165, 1.54) is 0 Å². The van der Waals surface area contributed by atoms with Gasteiger partial charge in [0.1, 0.15) is 0 Å². The number of nitrogens with zero attached hydrogens (tertiary/aromatic N) is 3. The van der Waals surface area contributed by atoms with E-state index >= 15 is 0 Å². The summed E-state index contributed by atoms with van der Waals surface area (Å²) in [7, 11) is 0. The lowest BCUT2D eigenvalue weighted by Crippen LogP contribution is -2.37. The maximum absolute atomic E-state index is 6.84. The minimum absolute atomic E-state index is 0.642. The van der Waals surface area contributed by atoms with Gasteiger partial charge in [-0.15, -0.1) is 0 Å². The van der Waals surface area contributed by atoms with Crippen molar-refractivity contribution in [1.82, 2.24) is 9.97 Å². The molecule has 51 heavy (non-hydrogen) atoms. The summed E-state index contributed by atoms with van der Waals surface area (Å²) >= 11 is -3.02.